The highest BCUT2D eigenvalue weighted by molar-refractivity contribution is 7.98. The molecule has 0 fully saturated rings. The van der Waals surface area contributed by atoms with E-state index in [1.165, 1.54) is 23.9 Å². The first kappa shape index (κ1) is 10.6. The molecule has 16 heavy (non-hydrogen) atoms. The second-order valence-corrected chi connectivity index (χ2v) is 3.65. The molecule has 0 spiro atoms. The van der Waals surface area contributed by atoms with Gasteiger partial charge in [-0.05, 0) is 18.4 Å². The van der Waals surface area contributed by atoms with Gasteiger partial charge in [-0.15, -0.1) is 0 Å². The summed E-state index contributed by atoms with van der Waals surface area (Å²) in [6.07, 6.45) is 1.83. The van der Waals surface area contributed by atoms with Crippen LogP contribution in [0.4, 0.5) is 5.69 Å². The molecule has 0 aliphatic rings. The Bertz CT molecular complexity index is 509. The number of thioether (sulfide) groups is 1. The minimum atomic E-state index is -0.451. The molecule has 6 nitrogen and oxygen atoms in total. The highest BCUT2D eigenvalue weighted by Gasteiger charge is 2.09. The molecule has 7 heteroatoms. The zero-order valence-corrected chi connectivity index (χ0v) is 9.10. The largest absolute Gasteiger partial charge is 0.327 e. The number of non-ortho nitro benzene ring substituents is 1. The molecule has 82 valence electrons. The molecule has 0 unspecified atom stereocenters. The molecule has 1 aromatic heterocycles. The zero-order chi connectivity index (χ0) is 11.5. The molecular weight excluding hydrogens is 230 g/mol. The number of nitrogens with zero attached hydrogens (tertiary/aromatic N) is 3. The number of rotatable bonds is 3. The minimum Gasteiger partial charge on any atom is -0.327 e. The average Bonchev–Trinajstić information content (AvgIpc) is 2.77. The van der Waals surface area contributed by atoms with Gasteiger partial charge in [0, 0.05) is 17.7 Å². The summed E-state index contributed by atoms with van der Waals surface area (Å²) in [4.78, 5) is 14.1. The lowest BCUT2D eigenvalue weighted by atomic mass is 10.2. The zero-order valence-electron chi connectivity index (χ0n) is 8.28. The van der Waals surface area contributed by atoms with E-state index in [4.69, 9.17) is 4.52 Å². The summed E-state index contributed by atoms with van der Waals surface area (Å²) in [5.74, 6) is 0.430. The van der Waals surface area contributed by atoms with Crippen LogP contribution in [0.15, 0.2) is 34.0 Å². The van der Waals surface area contributed by atoms with E-state index >= 15 is 0 Å². The van der Waals surface area contributed by atoms with Gasteiger partial charge in [0.2, 0.25) is 5.82 Å². The van der Waals surface area contributed by atoms with Gasteiger partial charge in [-0.25, -0.2) is 0 Å². The van der Waals surface area contributed by atoms with Crippen LogP contribution in [-0.2, 0) is 0 Å². The number of nitro groups is 1. The van der Waals surface area contributed by atoms with Crippen LogP contribution in [0.25, 0.3) is 11.4 Å². The number of nitro benzene ring substituents is 1. The van der Waals surface area contributed by atoms with Gasteiger partial charge >= 0.3 is 0 Å². The van der Waals surface area contributed by atoms with E-state index in [1.807, 2.05) is 6.26 Å². The van der Waals surface area contributed by atoms with Gasteiger partial charge in [-0.2, -0.15) is 4.98 Å². The molecule has 0 bridgehead atoms. The molecule has 1 aromatic carbocycles. The van der Waals surface area contributed by atoms with Crippen LogP contribution in [0.3, 0.4) is 0 Å². The third kappa shape index (κ3) is 2.03. The van der Waals surface area contributed by atoms with E-state index in [-0.39, 0.29) is 5.69 Å². The first-order valence-corrected chi connectivity index (χ1v) is 5.55. The topological polar surface area (TPSA) is 82.1 Å². The van der Waals surface area contributed by atoms with Gasteiger partial charge in [-0.1, -0.05) is 16.9 Å². The van der Waals surface area contributed by atoms with Crippen molar-refractivity contribution in [3.63, 3.8) is 0 Å². The van der Waals surface area contributed by atoms with Crippen LogP contribution < -0.4 is 0 Å². The molecule has 2 aromatic rings. The Morgan fingerprint density at radius 1 is 1.38 bits per heavy atom. The summed E-state index contributed by atoms with van der Waals surface area (Å²) in [5.41, 5.74) is 0.729. The standard InChI is InChI=1S/C9H7N3O3S/c1-16-9-10-8(11-15-9)6-2-4-7(5-3-6)12(13)14/h2-5H,1H3. The predicted octanol–water partition coefficient (Wildman–Crippen LogP) is 2.37. The van der Waals surface area contributed by atoms with E-state index in [1.54, 1.807) is 12.1 Å². The van der Waals surface area contributed by atoms with Crippen molar-refractivity contribution in [1.29, 1.82) is 0 Å². The monoisotopic (exact) mass is 237 g/mol. The Kier molecular flexibility index (Phi) is 2.86. The maximum Gasteiger partial charge on any atom is 0.285 e. The van der Waals surface area contributed by atoms with Gasteiger partial charge in [-0.3, -0.25) is 10.1 Å². The van der Waals surface area contributed by atoms with Gasteiger partial charge in [0.15, 0.2) is 0 Å². The minimum absolute atomic E-state index is 0.0392. The summed E-state index contributed by atoms with van der Waals surface area (Å²) in [7, 11) is 0. The van der Waals surface area contributed by atoms with E-state index in [2.05, 4.69) is 10.1 Å². The first-order chi connectivity index (χ1) is 7.70. The number of hydrogen-bond acceptors (Lipinski definition) is 6. The van der Waals surface area contributed by atoms with Gasteiger partial charge in [0.1, 0.15) is 0 Å². The molecule has 0 aliphatic carbocycles. The molecule has 0 radical (unpaired) electrons. The lowest BCUT2D eigenvalue weighted by Crippen LogP contribution is -1.87. The van der Waals surface area contributed by atoms with Crippen LogP contribution in [0.2, 0.25) is 0 Å². The molecule has 2 rings (SSSR count). The van der Waals surface area contributed by atoms with Crippen LogP contribution in [0.5, 0.6) is 0 Å². The summed E-state index contributed by atoms with van der Waals surface area (Å²) < 4.78 is 4.91. The Labute approximate surface area is 94.8 Å². The number of hydrogen-bond donors (Lipinski definition) is 0. The van der Waals surface area contributed by atoms with E-state index in [0.29, 0.717) is 16.6 Å². The van der Waals surface area contributed by atoms with Crippen LogP contribution in [0, 0.1) is 10.1 Å². The first-order valence-electron chi connectivity index (χ1n) is 4.33. The Morgan fingerprint density at radius 2 is 2.06 bits per heavy atom. The van der Waals surface area contributed by atoms with Crippen LogP contribution in [-0.4, -0.2) is 21.3 Å². The van der Waals surface area contributed by atoms with Crippen molar-refractivity contribution >= 4 is 17.4 Å². The van der Waals surface area contributed by atoms with E-state index in [9.17, 15) is 10.1 Å². The van der Waals surface area contributed by atoms with Crippen molar-refractivity contribution in [2.24, 2.45) is 0 Å². The molecule has 0 atom stereocenters. The van der Waals surface area contributed by atoms with Crippen molar-refractivity contribution in [2.75, 3.05) is 6.26 Å². The van der Waals surface area contributed by atoms with Crippen molar-refractivity contribution < 1.29 is 9.45 Å². The van der Waals surface area contributed by atoms with Gasteiger partial charge in [0.25, 0.3) is 10.9 Å². The SMILES string of the molecule is CSc1nc(-c2ccc([N+](=O)[O-])cc2)no1. The maximum absolute atomic E-state index is 10.5. The molecular formula is C9H7N3O3S. The molecule has 1 heterocycles. The van der Waals surface area contributed by atoms with Crippen molar-refractivity contribution in [3.8, 4) is 11.4 Å². The Morgan fingerprint density at radius 3 is 2.56 bits per heavy atom. The normalized spacial score (nSPS) is 10.3. The van der Waals surface area contributed by atoms with Crippen molar-refractivity contribution in [2.45, 2.75) is 5.22 Å². The molecule has 0 saturated carbocycles. The summed E-state index contributed by atoms with van der Waals surface area (Å²) in [6.45, 7) is 0. The Balaban J connectivity index is 2.30. The fourth-order valence-electron chi connectivity index (χ4n) is 1.14. The van der Waals surface area contributed by atoms with Gasteiger partial charge in [0.05, 0.1) is 4.92 Å². The maximum atomic E-state index is 10.5. The fraction of sp³-hybridized carbons (Fsp3) is 0.111. The highest BCUT2D eigenvalue weighted by atomic mass is 32.2. The third-order valence-electron chi connectivity index (χ3n) is 1.92. The fourth-order valence-corrected chi connectivity index (χ4v) is 1.43. The van der Waals surface area contributed by atoms with E-state index < -0.39 is 4.92 Å². The molecule has 0 aliphatic heterocycles. The van der Waals surface area contributed by atoms with Crippen LogP contribution >= 0.6 is 11.8 Å². The second kappa shape index (κ2) is 4.31. The third-order valence-corrected chi connectivity index (χ3v) is 2.43. The van der Waals surface area contributed by atoms with Crippen LogP contribution in [0.1, 0.15) is 0 Å². The number of benzene rings is 1. The summed E-state index contributed by atoms with van der Waals surface area (Å²) in [6, 6.07) is 6.00. The van der Waals surface area contributed by atoms with E-state index in [0.717, 1.165) is 0 Å². The second-order valence-electron chi connectivity index (χ2n) is 2.89. The van der Waals surface area contributed by atoms with Crippen molar-refractivity contribution in [3.05, 3.63) is 34.4 Å². The average molecular weight is 237 g/mol. The predicted molar refractivity (Wildman–Crippen MR) is 58.2 cm³/mol. The van der Waals surface area contributed by atoms with Gasteiger partial charge < -0.3 is 4.52 Å². The molecule has 0 N–H and O–H groups in total. The Hall–Kier alpha value is -1.89. The van der Waals surface area contributed by atoms with Crippen molar-refractivity contribution in [1.82, 2.24) is 10.1 Å². The summed E-state index contributed by atoms with van der Waals surface area (Å²) in [5, 5.41) is 14.7. The smallest absolute Gasteiger partial charge is 0.285 e. The summed E-state index contributed by atoms with van der Waals surface area (Å²) >= 11 is 1.34. The highest BCUT2D eigenvalue weighted by Crippen LogP contribution is 2.21. The molecule has 0 amide bonds. The quantitative estimate of drug-likeness (QED) is 0.463. The number of aromatic nitrogens is 2. The lowest BCUT2D eigenvalue weighted by Gasteiger charge is -1.93. The lowest BCUT2D eigenvalue weighted by molar-refractivity contribution is -0.384. The molecule has 0 saturated heterocycles.